The highest BCUT2D eigenvalue weighted by Crippen LogP contribution is 2.27. The van der Waals surface area contributed by atoms with Gasteiger partial charge in [-0.25, -0.2) is 0 Å². The van der Waals surface area contributed by atoms with E-state index >= 15 is 0 Å². The summed E-state index contributed by atoms with van der Waals surface area (Å²) in [5, 5.41) is 0. The Kier molecular flexibility index (Phi) is 4.42. The molecule has 5 heteroatoms. The van der Waals surface area contributed by atoms with Crippen LogP contribution >= 0.6 is 0 Å². The summed E-state index contributed by atoms with van der Waals surface area (Å²) < 4.78 is 11.8. The predicted molar refractivity (Wildman–Crippen MR) is 98.4 cm³/mol. The van der Waals surface area contributed by atoms with Crippen molar-refractivity contribution in [2.75, 3.05) is 38.6 Å². The summed E-state index contributed by atoms with van der Waals surface area (Å²) in [5.74, 6) is 0.963. The molecule has 130 valence electrons. The summed E-state index contributed by atoms with van der Waals surface area (Å²) in [6.07, 6.45) is 2.21. The molecule has 0 spiro atoms. The molecule has 3 heterocycles. The van der Waals surface area contributed by atoms with E-state index in [0.29, 0.717) is 13.2 Å². The van der Waals surface area contributed by atoms with Gasteiger partial charge in [-0.1, -0.05) is 18.2 Å². The number of nitrogens with zero attached hydrogens (tertiary/aromatic N) is 2. The summed E-state index contributed by atoms with van der Waals surface area (Å²) in [7, 11) is 0. The molecule has 1 atom stereocenters. The quantitative estimate of drug-likeness (QED) is 0.933. The molecule has 2 aliphatic rings. The fraction of sp³-hybridized carbons (Fsp3) is 0.350. The maximum absolute atomic E-state index is 5.96. The van der Waals surface area contributed by atoms with Crippen molar-refractivity contribution >= 4 is 11.8 Å². The van der Waals surface area contributed by atoms with E-state index in [1.807, 2.05) is 37.3 Å². The molecule has 1 saturated heterocycles. The van der Waals surface area contributed by atoms with E-state index in [-0.39, 0.29) is 6.10 Å². The molecule has 5 nitrogen and oxygen atoms in total. The molecule has 1 fully saturated rings. The number of para-hydroxylation sites is 1. The van der Waals surface area contributed by atoms with Gasteiger partial charge in [0.1, 0.15) is 18.5 Å². The van der Waals surface area contributed by atoms with Crippen LogP contribution in [0.4, 0.5) is 5.69 Å². The number of fused-ring (bicyclic) bond motifs is 1. The van der Waals surface area contributed by atoms with E-state index in [9.17, 15) is 0 Å². The molecule has 1 aromatic carbocycles. The van der Waals surface area contributed by atoms with Gasteiger partial charge in [-0.05, 0) is 36.8 Å². The molecule has 0 radical (unpaired) electrons. The van der Waals surface area contributed by atoms with Crippen LogP contribution in [0.1, 0.15) is 23.1 Å². The van der Waals surface area contributed by atoms with Gasteiger partial charge in [-0.2, -0.15) is 0 Å². The van der Waals surface area contributed by atoms with Gasteiger partial charge in [-0.3, -0.25) is 9.88 Å². The average Bonchev–Trinajstić information content (AvgIpc) is 2.61. The largest absolute Gasteiger partial charge is 0.489 e. The number of ether oxygens (including phenoxy) is 2. The molecular weight excluding hydrogens is 314 g/mol. The highest BCUT2D eigenvalue weighted by atomic mass is 16.5. The lowest BCUT2D eigenvalue weighted by Gasteiger charge is -2.34. The maximum atomic E-state index is 5.96. The number of morpholine rings is 1. The number of benzene rings is 1. The molecular formula is C20H23N3O2. The molecule has 2 aliphatic heterocycles. The fourth-order valence-corrected chi connectivity index (χ4v) is 3.45. The lowest BCUT2D eigenvalue weighted by molar-refractivity contribution is -0.0294. The second kappa shape index (κ2) is 6.86. The van der Waals surface area contributed by atoms with Gasteiger partial charge in [0.2, 0.25) is 0 Å². The average molecular weight is 337 g/mol. The third-order valence-electron chi connectivity index (χ3n) is 4.59. The Morgan fingerprint density at radius 3 is 3.04 bits per heavy atom. The summed E-state index contributed by atoms with van der Waals surface area (Å²) in [6, 6.07) is 12.0. The van der Waals surface area contributed by atoms with Gasteiger partial charge >= 0.3 is 0 Å². The van der Waals surface area contributed by atoms with Crippen molar-refractivity contribution in [2.24, 2.45) is 0 Å². The molecule has 25 heavy (non-hydrogen) atoms. The zero-order chi connectivity index (χ0) is 17.2. The Morgan fingerprint density at radius 1 is 1.28 bits per heavy atom. The van der Waals surface area contributed by atoms with Crippen LogP contribution < -0.4 is 10.5 Å². The summed E-state index contributed by atoms with van der Waals surface area (Å²) in [5.41, 5.74) is 11.0. The van der Waals surface area contributed by atoms with E-state index in [2.05, 4.69) is 22.0 Å². The number of aromatic nitrogens is 1. The molecule has 0 saturated carbocycles. The number of hydrogen-bond donors (Lipinski definition) is 1. The molecule has 0 bridgehead atoms. The first kappa shape index (κ1) is 16.1. The minimum atomic E-state index is -0.0339. The molecule has 0 amide bonds. The van der Waals surface area contributed by atoms with E-state index < -0.39 is 0 Å². The Morgan fingerprint density at radius 2 is 2.16 bits per heavy atom. The Labute approximate surface area is 148 Å². The van der Waals surface area contributed by atoms with Crippen LogP contribution in [-0.2, 0) is 4.74 Å². The number of hydrogen-bond acceptors (Lipinski definition) is 5. The SMILES string of the molecule is Cc1cc(N)cc([C@H]2CN(CC3=Cc4ccccc4OC3)CCO2)n1. The van der Waals surface area contributed by atoms with E-state index in [0.717, 1.165) is 48.0 Å². The Bertz CT molecular complexity index is 783. The van der Waals surface area contributed by atoms with Crippen molar-refractivity contribution in [3.63, 3.8) is 0 Å². The fourth-order valence-electron chi connectivity index (χ4n) is 3.45. The van der Waals surface area contributed by atoms with Crippen LogP contribution in [0, 0.1) is 6.92 Å². The van der Waals surface area contributed by atoms with Crippen molar-refractivity contribution in [3.8, 4) is 5.75 Å². The van der Waals surface area contributed by atoms with Crippen molar-refractivity contribution in [1.29, 1.82) is 0 Å². The number of nitrogen functional groups attached to an aromatic ring is 1. The number of pyridine rings is 1. The lowest BCUT2D eigenvalue weighted by Crippen LogP contribution is -2.40. The number of rotatable bonds is 3. The second-order valence-electron chi connectivity index (χ2n) is 6.69. The van der Waals surface area contributed by atoms with Crippen LogP contribution in [0.2, 0.25) is 0 Å². The highest BCUT2D eigenvalue weighted by molar-refractivity contribution is 5.62. The van der Waals surface area contributed by atoms with Gasteiger partial charge in [0.05, 0.1) is 12.3 Å². The monoisotopic (exact) mass is 337 g/mol. The Hall–Kier alpha value is -2.37. The minimum absolute atomic E-state index is 0.0339. The van der Waals surface area contributed by atoms with Gasteiger partial charge in [0.25, 0.3) is 0 Å². The standard InChI is InChI=1S/C20H23N3O2/c1-14-8-17(21)10-18(22-14)20-12-23(6-7-24-20)11-15-9-16-4-2-3-5-19(16)25-13-15/h2-5,8-10,20H,6-7,11-13H2,1H3,(H2,21,22)/t20-/m1/s1. The summed E-state index contributed by atoms with van der Waals surface area (Å²) >= 11 is 0. The van der Waals surface area contributed by atoms with Crippen molar-refractivity contribution in [3.05, 3.63) is 58.9 Å². The van der Waals surface area contributed by atoms with Gasteiger partial charge in [0, 0.05) is 36.6 Å². The van der Waals surface area contributed by atoms with E-state index in [1.165, 1.54) is 5.57 Å². The maximum Gasteiger partial charge on any atom is 0.127 e. The molecule has 4 rings (SSSR count). The summed E-state index contributed by atoms with van der Waals surface area (Å²) in [6.45, 7) is 5.92. The van der Waals surface area contributed by atoms with Crippen LogP contribution in [0.5, 0.6) is 5.75 Å². The van der Waals surface area contributed by atoms with Gasteiger partial charge < -0.3 is 15.2 Å². The van der Waals surface area contributed by atoms with E-state index in [4.69, 9.17) is 15.2 Å². The van der Waals surface area contributed by atoms with Crippen LogP contribution in [0.25, 0.3) is 6.08 Å². The third-order valence-corrected chi connectivity index (χ3v) is 4.59. The van der Waals surface area contributed by atoms with Crippen molar-refractivity contribution in [2.45, 2.75) is 13.0 Å². The van der Waals surface area contributed by atoms with Crippen molar-refractivity contribution < 1.29 is 9.47 Å². The van der Waals surface area contributed by atoms with Crippen LogP contribution in [0.15, 0.2) is 42.0 Å². The first-order valence-corrected chi connectivity index (χ1v) is 8.67. The zero-order valence-electron chi connectivity index (χ0n) is 14.4. The lowest BCUT2D eigenvalue weighted by atomic mass is 10.1. The van der Waals surface area contributed by atoms with Crippen LogP contribution in [0.3, 0.4) is 0 Å². The van der Waals surface area contributed by atoms with Crippen molar-refractivity contribution in [1.82, 2.24) is 9.88 Å². The molecule has 2 N–H and O–H groups in total. The normalized spacial score (nSPS) is 20.5. The number of aryl methyl sites for hydroxylation is 1. The van der Waals surface area contributed by atoms with Crippen LogP contribution in [-0.4, -0.2) is 42.7 Å². The zero-order valence-corrected chi connectivity index (χ0v) is 14.4. The smallest absolute Gasteiger partial charge is 0.127 e. The molecule has 2 aromatic rings. The number of nitrogens with two attached hydrogens (primary N) is 1. The Balaban J connectivity index is 1.46. The molecule has 1 aromatic heterocycles. The van der Waals surface area contributed by atoms with E-state index in [1.54, 1.807) is 0 Å². The van der Waals surface area contributed by atoms with Gasteiger partial charge in [0.15, 0.2) is 0 Å². The molecule has 0 unspecified atom stereocenters. The highest BCUT2D eigenvalue weighted by Gasteiger charge is 2.24. The molecule has 0 aliphatic carbocycles. The van der Waals surface area contributed by atoms with Gasteiger partial charge in [-0.15, -0.1) is 0 Å². The topological polar surface area (TPSA) is 60.6 Å². The second-order valence-corrected chi connectivity index (χ2v) is 6.69. The third kappa shape index (κ3) is 3.67. The summed E-state index contributed by atoms with van der Waals surface area (Å²) in [4.78, 5) is 7.00. The number of anilines is 1. The first-order valence-electron chi connectivity index (χ1n) is 8.67. The predicted octanol–water partition coefficient (Wildman–Crippen LogP) is 2.82. The minimum Gasteiger partial charge on any atom is -0.489 e. The first-order chi connectivity index (χ1) is 12.2.